The number of nitrogens with zero attached hydrogens (tertiary/aromatic N) is 2. The number of carbonyl (C=O) groups excluding carboxylic acids is 1. The summed E-state index contributed by atoms with van der Waals surface area (Å²) in [6.07, 6.45) is -17.1. The van der Waals surface area contributed by atoms with Crippen molar-refractivity contribution in [3.05, 3.63) is 11.3 Å². The van der Waals surface area contributed by atoms with E-state index in [2.05, 4.69) is 9.84 Å². The molecule has 0 spiro atoms. The summed E-state index contributed by atoms with van der Waals surface area (Å²) < 4.78 is 110. The summed E-state index contributed by atoms with van der Waals surface area (Å²) >= 11 is 0. The molecule has 0 radical (unpaired) electrons. The SMILES string of the molecule is O=C1C2=C([C@@H](F)[C@H]1F)/[N+](=C\C1CCO[C@H](C(F)(F)F)C1)N=C2C(F)(F)F. The second-order valence-corrected chi connectivity index (χ2v) is 6.05. The molecule has 1 fully saturated rings. The maximum Gasteiger partial charge on any atom is 0.440 e. The van der Waals surface area contributed by atoms with Gasteiger partial charge in [0.25, 0.3) is 5.70 Å². The molecule has 0 saturated carbocycles. The highest BCUT2D eigenvalue weighted by molar-refractivity contribution is 6.28. The summed E-state index contributed by atoms with van der Waals surface area (Å²) in [5.41, 5.74) is -3.89. The third-order valence-electron chi connectivity index (χ3n) is 4.27. The summed E-state index contributed by atoms with van der Waals surface area (Å²) in [6.45, 7) is -0.315. The van der Waals surface area contributed by atoms with Crippen LogP contribution in [-0.2, 0) is 9.53 Å². The van der Waals surface area contributed by atoms with Crippen molar-refractivity contribution >= 4 is 17.7 Å². The molecule has 12 heteroatoms. The number of allylic oxidation sites excluding steroid dienone is 2. The minimum absolute atomic E-state index is 0.0204. The van der Waals surface area contributed by atoms with Gasteiger partial charge in [-0.3, -0.25) is 4.79 Å². The van der Waals surface area contributed by atoms with Crippen LogP contribution < -0.4 is 0 Å². The highest BCUT2D eigenvalue weighted by Crippen LogP contribution is 2.39. The zero-order valence-corrected chi connectivity index (χ0v) is 12.7. The third kappa shape index (κ3) is 3.14. The Morgan fingerprint density at radius 3 is 2.35 bits per heavy atom. The van der Waals surface area contributed by atoms with E-state index >= 15 is 0 Å². The number of ether oxygens (including phenoxy) is 1. The number of hydrogen-bond acceptors (Lipinski definition) is 3. The Labute approximate surface area is 140 Å². The fraction of sp³-hybridized carbons (Fsp3) is 0.643. The predicted octanol–water partition coefficient (Wildman–Crippen LogP) is 2.87. The Balaban J connectivity index is 1.97. The van der Waals surface area contributed by atoms with E-state index in [1.54, 1.807) is 0 Å². The summed E-state index contributed by atoms with van der Waals surface area (Å²) in [7, 11) is 0. The number of alkyl halides is 8. The zero-order chi connectivity index (χ0) is 19.4. The van der Waals surface area contributed by atoms with E-state index in [0.29, 0.717) is 4.68 Å². The Morgan fingerprint density at radius 1 is 1.12 bits per heavy atom. The molecule has 0 bridgehead atoms. The molecule has 144 valence electrons. The van der Waals surface area contributed by atoms with Gasteiger partial charge in [0.05, 0.1) is 0 Å². The van der Waals surface area contributed by atoms with Crippen molar-refractivity contribution in [2.24, 2.45) is 11.0 Å². The molecular formula is C14H11F8N2O2+. The molecule has 3 rings (SSSR count). The van der Waals surface area contributed by atoms with Crippen LogP contribution in [0.2, 0.25) is 0 Å². The van der Waals surface area contributed by atoms with E-state index in [-0.39, 0.29) is 13.0 Å². The van der Waals surface area contributed by atoms with Gasteiger partial charge in [-0.1, -0.05) is 4.68 Å². The maximum atomic E-state index is 14.0. The number of Topliss-reactive ketones (excluding diaryl/α,β-unsaturated/α-hetero) is 1. The average molecular weight is 391 g/mol. The van der Waals surface area contributed by atoms with Crippen LogP contribution in [0.3, 0.4) is 0 Å². The molecule has 26 heavy (non-hydrogen) atoms. The molecule has 1 saturated heterocycles. The minimum atomic E-state index is -5.15. The number of carbonyl (C=O) groups is 1. The molecule has 4 nitrogen and oxygen atoms in total. The fourth-order valence-electron chi connectivity index (χ4n) is 3.06. The fourth-order valence-corrected chi connectivity index (χ4v) is 3.06. The first-order chi connectivity index (χ1) is 11.9. The largest absolute Gasteiger partial charge is 0.440 e. The molecule has 0 aromatic carbocycles. The first-order valence-electron chi connectivity index (χ1n) is 7.46. The lowest BCUT2D eigenvalue weighted by atomic mass is 9.96. The second kappa shape index (κ2) is 6.10. The molecule has 1 aliphatic carbocycles. The maximum absolute atomic E-state index is 14.0. The molecular weight excluding hydrogens is 380 g/mol. The zero-order valence-electron chi connectivity index (χ0n) is 12.7. The summed E-state index contributed by atoms with van der Waals surface area (Å²) in [4.78, 5) is 11.6. The number of halogens is 8. The first kappa shape index (κ1) is 18.9. The van der Waals surface area contributed by atoms with Crippen LogP contribution in [0.25, 0.3) is 0 Å². The van der Waals surface area contributed by atoms with E-state index in [1.165, 1.54) is 0 Å². The predicted molar refractivity (Wildman–Crippen MR) is 70.2 cm³/mol. The van der Waals surface area contributed by atoms with E-state index in [9.17, 15) is 39.9 Å². The van der Waals surface area contributed by atoms with Gasteiger partial charge in [0.1, 0.15) is 5.57 Å². The van der Waals surface area contributed by atoms with Crippen LogP contribution in [0.5, 0.6) is 0 Å². The van der Waals surface area contributed by atoms with Crippen molar-refractivity contribution in [1.82, 2.24) is 0 Å². The van der Waals surface area contributed by atoms with E-state index < -0.39 is 65.9 Å². The Bertz CT molecular complexity index is 721. The molecule has 3 aliphatic rings. The number of rotatable bonds is 1. The Kier molecular flexibility index (Phi) is 4.44. The lowest BCUT2D eigenvalue weighted by Crippen LogP contribution is -2.39. The average Bonchev–Trinajstić information content (AvgIpc) is 3.00. The lowest BCUT2D eigenvalue weighted by molar-refractivity contribution is -0.484. The van der Waals surface area contributed by atoms with Gasteiger partial charge in [-0.25, -0.2) is 8.78 Å². The van der Waals surface area contributed by atoms with Crippen molar-refractivity contribution in [1.29, 1.82) is 0 Å². The highest BCUT2D eigenvalue weighted by atomic mass is 19.4. The monoisotopic (exact) mass is 391 g/mol. The van der Waals surface area contributed by atoms with Gasteiger partial charge in [0.2, 0.25) is 23.8 Å². The van der Waals surface area contributed by atoms with Gasteiger partial charge in [0, 0.05) is 17.6 Å². The van der Waals surface area contributed by atoms with Crippen molar-refractivity contribution in [2.45, 2.75) is 43.6 Å². The first-order valence-corrected chi connectivity index (χ1v) is 7.46. The minimum Gasteiger partial charge on any atom is -0.369 e. The van der Waals surface area contributed by atoms with Gasteiger partial charge in [0.15, 0.2) is 12.3 Å². The van der Waals surface area contributed by atoms with Crippen LogP contribution in [0.15, 0.2) is 16.4 Å². The topological polar surface area (TPSA) is 41.7 Å². The van der Waals surface area contributed by atoms with Crippen LogP contribution in [0.1, 0.15) is 12.8 Å². The van der Waals surface area contributed by atoms with E-state index in [0.717, 1.165) is 6.21 Å². The summed E-state index contributed by atoms with van der Waals surface area (Å²) in [5, 5.41) is 3.11. The summed E-state index contributed by atoms with van der Waals surface area (Å²) in [6, 6.07) is 0. The van der Waals surface area contributed by atoms with Gasteiger partial charge in [-0.2, -0.15) is 26.3 Å². The van der Waals surface area contributed by atoms with Gasteiger partial charge in [-0.05, 0) is 12.8 Å². The van der Waals surface area contributed by atoms with Crippen LogP contribution in [-0.4, -0.2) is 59.8 Å². The van der Waals surface area contributed by atoms with E-state index in [4.69, 9.17) is 0 Å². The van der Waals surface area contributed by atoms with Crippen LogP contribution in [0.4, 0.5) is 35.1 Å². The lowest BCUT2D eigenvalue weighted by Gasteiger charge is -2.27. The normalized spacial score (nSPS) is 34.5. The second-order valence-electron chi connectivity index (χ2n) is 6.05. The molecule has 4 atom stereocenters. The molecule has 2 heterocycles. The smallest absolute Gasteiger partial charge is 0.369 e. The van der Waals surface area contributed by atoms with Gasteiger partial charge >= 0.3 is 12.4 Å². The van der Waals surface area contributed by atoms with Crippen molar-refractivity contribution in [2.75, 3.05) is 6.61 Å². The Morgan fingerprint density at radius 2 is 1.77 bits per heavy atom. The molecule has 0 aromatic heterocycles. The van der Waals surface area contributed by atoms with Gasteiger partial charge < -0.3 is 4.74 Å². The molecule has 2 aliphatic heterocycles. The standard InChI is InChI=1S/C14H11F8N2O2/c15-8-9(16)11(25)7-10(8)24(23-12(7)14(20,21)22)4-5-1-2-26-6(3-5)13(17,18)19/h4-6,8-9H,1-3H2/q+1/b24-4+/t5?,6-,8-,9+/m0/s1. The highest BCUT2D eigenvalue weighted by Gasteiger charge is 2.61. The number of hydrazone groups is 1. The van der Waals surface area contributed by atoms with E-state index in [1.807, 2.05) is 0 Å². The van der Waals surface area contributed by atoms with Crippen LogP contribution >= 0.6 is 0 Å². The Hall–Kier alpha value is -1.85. The molecule has 1 unspecified atom stereocenters. The molecule has 0 amide bonds. The van der Waals surface area contributed by atoms with Crippen molar-refractivity contribution in [3.63, 3.8) is 0 Å². The third-order valence-corrected chi connectivity index (χ3v) is 4.27. The quantitative estimate of drug-likeness (QED) is 0.510. The van der Waals surface area contributed by atoms with Gasteiger partial charge in [-0.15, -0.1) is 0 Å². The van der Waals surface area contributed by atoms with Crippen molar-refractivity contribution < 1.29 is 49.3 Å². The van der Waals surface area contributed by atoms with Crippen molar-refractivity contribution in [3.8, 4) is 0 Å². The summed E-state index contributed by atoms with van der Waals surface area (Å²) in [5.74, 6) is -2.62. The van der Waals surface area contributed by atoms with Crippen LogP contribution in [0, 0.1) is 5.92 Å². The number of hydrogen-bond donors (Lipinski definition) is 0. The number of ketones is 1. The molecule has 0 N–H and O–H groups in total. The molecule has 0 aromatic rings.